The Hall–Kier alpha value is -1.40. The van der Waals surface area contributed by atoms with Gasteiger partial charge in [-0.15, -0.1) is 0 Å². The van der Waals surface area contributed by atoms with Crippen LogP contribution in [0.15, 0.2) is 18.2 Å². The lowest BCUT2D eigenvalue weighted by Crippen LogP contribution is -2.37. The predicted octanol–water partition coefficient (Wildman–Crippen LogP) is 2.69. The van der Waals surface area contributed by atoms with Gasteiger partial charge in [-0.1, -0.05) is 18.9 Å². The van der Waals surface area contributed by atoms with Crippen LogP contribution in [0.25, 0.3) is 0 Å². The molecular weight excluding hydrogens is 280 g/mol. The smallest absolute Gasteiger partial charge is 0.387 e. The van der Waals surface area contributed by atoms with Crippen LogP contribution in [0, 0.1) is 0 Å². The number of rotatable bonds is 7. The van der Waals surface area contributed by atoms with Gasteiger partial charge in [-0.3, -0.25) is 0 Å². The maximum Gasteiger partial charge on any atom is 0.387 e. The van der Waals surface area contributed by atoms with E-state index in [0.29, 0.717) is 13.1 Å². The van der Waals surface area contributed by atoms with E-state index in [-0.39, 0.29) is 11.5 Å². The van der Waals surface area contributed by atoms with Crippen LogP contribution in [0.3, 0.4) is 0 Å². The Morgan fingerprint density at radius 3 is 2.62 bits per heavy atom. The van der Waals surface area contributed by atoms with Gasteiger partial charge in [-0.05, 0) is 30.5 Å². The third-order valence-electron chi connectivity index (χ3n) is 3.76. The highest BCUT2D eigenvalue weighted by Gasteiger charge is 2.30. The fourth-order valence-corrected chi connectivity index (χ4v) is 2.67. The summed E-state index contributed by atoms with van der Waals surface area (Å²) in [5.41, 5.74) is 0.169. The average molecular weight is 301 g/mol. The van der Waals surface area contributed by atoms with E-state index in [1.165, 1.54) is 13.2 Å². The summed E-state index contributed by atoms with van der Waals surface area (Å²) >= 11 is 0. The summed E-state index contributed by atoms with van der Waals surface area (Å²) in [5, 5.41) is 13.4. The van der Waals surface area contributed by atoms with Gasteiger partial charge in [0.1, 0.15) is 0 Å². The van der Waals surface area contributed by atoms with Crippen molar-refractivity contribution in [1.29, 1.82) is 0 Å². The summed E-state index contributed by atoms with van der Waals surface area (Å²) in [7, 11) is 1.40. The lowest BCUT2D eigenvalue weighted by Gasteiger charge is -2.22. The van der Waals surface area contributed by atoms with Gasteiger partial charge >= 0.3 is 6.61 Å². The molecule has 4 nitrogen and oxygen atoms in total. The summed E-state index contributed by atoms with van der Waals surface area (Å²) in [5.74, 6) is 0.292. The number of nitrogens with one attached hydrogen (secondary N) is 1. The molecule has 21 heavy (non-hydrogen) atoms. The number of methoxy groups -OCH3 is 1. The van der Waals surface area contributed by atoms with Crippen LogP contribution in [0.5, 0.6) is 11.5 Å². The topological polar surface area (TPSA) is 50.7 Å². The van der Waals surface area contributed by atoms with E-state index < -0.39 is 12.2 Å². The second-order valence-electron chi connectivity index (χ2n) is 5.40. The van der Waals surface area contributed by atoms with Crippen molar-refractivity contribution in [2.75, 3.05) is 13.7 Å². The molecule has 0 spiro atoms. The van der Waals surface area contributed by atoms with E-state index in [9.17, 15) is 13.9 Å². The normalized spacial score (nSPS) is 17.2. The van der Waals surface area contributed by atoms with Crippen molar-refractivity contribution in [3.8, 4) is 11.5 Å². The highest BCUT2D eigenvalue weighted by atomic mass is 19.3. The summed E-state index contributed by atoms with van der Waals surface area (Å²) in [6, 6.07) is 4.90. The monoisotopic (exact) mass is 301 g/mol. The van der Waals surface area contributed by atoms with Gasteiger partial charge < -0.3 is 19.9 Å². The third kappa shape index (κ3) is 4.54. The van der Waals surface area contributed by atoms with Gasteiger partial charge in [0.25, 0.3) is 0 Å². The summed E-state index contributed by atoms with van der Waals surface area (Å²) in [4.78, 5) is 0. The summed E-state index contributed by atoms with van der Waals surface area (Å²) in [6.45, 7) is -1.91. The summed E-state index contributed by atoms with van der Waals surface area (Å²) < 4.78 is 34.1. The molecule has 0 heterocycles. The van der Waals surface area contributed by atoms with Gasteiger partial charge in [0.05, 0.1) is 12.7 Å². The summed E-state index contributed by atoms with van der Waals surface area (Å²) in [6.07, 6.45) is 3.71. The zero-order chi connectivity index (χ0) is 15.3. The van der Waals surface area contributed by atoms with E-state index in [2.05, 4.69) is 10.1 Å². The van der Waals surface area contributed by atoms with Crippen molar-refractivity contribution in [1.82, 2.24) is 5.32 Å². The molecule has 0 saturated heterocycles. The highest BCUT2D eigenvalue weighted by Crippen LogP contribution is 2.30. The van der Waals surface area contributed by atoms with Crippen LogP contribution >= 0.6 is 0 Å². The minimum atomic E-state index is -2.89. The minimum Gasteiger partial charge on any atom is -0.493 e. The molecule has 0 bridgehead atoms. The Balaban J connectivity index is 1.93. The maximum atomic E-state index is 12.3. The Morgan fingerprint density at radius 1 is 1.29 bits per heavy atom. The molecule has 0 unspecified atom stereocenters. The first-order chi connectivity index (χ1) is 10.0. The lowest BCUT2D eigenvalue weighted by molar-refractivity contribution is -0.0512. The number of hydrogen-bond acceptors (Lipinski definition) is 4. The number of aliphatic hydroxyl groups is 1. The van der Waals surface area contributed by atoms with Gasteiger partial charge in [0.15, 0.2) is 11.5 Å². The molecule has 0 atom stereocenters. The largest absolute Gasteiger partial charge is 0.493 e. The number of alkyl halides is 2. The molecule has 0 radical (unpaired) electrons. The molecule has 0 aliphatic heterocycles. The van der Waals surface area contributed by atoms with Crippen LogP contribution in [-0.2, 0) is 6.54 Å². The molecule has 1 aliphatic carbocycles. The highest BCUT2D eigenvalue weighted by molar-refractivity contribution is 5.43. The van der Waals surface area contributed by atoms with Crippen molar-refractivity contribution in [2.45, 2.75) is 44.4 Å². The third-order valence-corrected chi connectivity index (χ3v) is 3.76. The Labute approximate surface area is 123 Å². The van der Waals surface area contributed by atoms with Crippen LogP contribution in [0.1, 0.15) is 31.2 Å². The number of hydrogen-bond donors (Lipinski definition) is 2. The lowest BCUT2D eigenvalue weighted by atomic mass is 10.0. The number of benzene rings is 1. The SMILES string of the molecule is COc1ccc(CNCC2(O)CCCC2)cc1OC(F)F. The zero-order valence-electron chi connectivity index (χ0n) is 12.1. The van der Waals surface area contributed by atoms with Crippen LogP contribution in [0.4, 0.5) is 8.78 Å². The van der Waals surface area contributed by atoms with Crippen molar-refractivity contribution >= 4 is 0 Å². The van der Waals surface area contributed by atoms with Crippen LogP contribution < -0.4 is 14.8 Å². The fourth-order valence-electron chi connectivity index (χ4n) is 2.67. The Bertz CT molecular complexity index is 462. The van der Waals surface area contributed by atoms with E-state index in [1.807, 2.05) is 0 Å². The molecule has 1 fully saturated rings. The van der Waals surface area contributed by atoms with E-state index in [4.69, 9.17) is 4.74 Å². The van der Waals surface area contributed by atoms with E-state index in [1.54, 1.807) is 12.1 Å². The molecule has 1 aliphatic rings. The van der Waals surface area contributed by atoms with Crippen LogP contribution in [0.2, 0.25) is 0 Å². The first-order valence-corrected chi connectivity index (χ1v) is 7.07. The fraction of sp³-hybridized carbons (Fsp3) is 0.600. The molecule has 0 amide bonds. The van der Waals surface area contributed by atoms with Gasteiger partial charge in [-0.2, -0.15) is 8.78 Å². The molecule has 2 N–H and O–H groups in total. The first kappa shape index (κ1) is 16.0. The van der Waals surface area contributed by atoms with Crippen molar-refractivity contribution < 1.29 is 23.4 Å². The predicted molar refractivity (Wildman–Crippen MR) is 74.8 cm³/mol. The average Bonchev–Trinajstić information content (AvgIpc) is 2.85. The second-order valence-corrected chi connectivity index (χ2v) is 5.40. The van der Waals surface area contributed by atoms with E-state index in [0.717, 1.165) is 31.2 Å². The second kappa shape index (κ2) is 7.04. The van der Waals surface area contributed by atoms with E-state index >= 15 is 0 Å². The Morgan fingerprint density at radius 2 is 2.00 bits per heavy atom. The number of halogens is 2. The molecule has 6 heteroatoms. The number of ether oxygens (including phenoxy) is 2. The Kier molecular flexibility index (Phi) is 5.36. The first-order valence-electron chi connectivity index (χ1n) is 7.07. The van der Waals surface area contributed by atoms with Gasteiger partial charge in [0, 0.05) is 13.1 Å². The molecule has 1 aromatic carbocycles. The van der Waals surface area contributed by atoms with Crippen molar-refractivity contribution in [3.05, 3.63) is 23.8 Å². The minimum absolute atomic E-state index is 0.0198. The molecule has 1 aromatic rings. The van der Waals surface area contributed by atoms with Crippen molar-refractivity contribution in [2.24, 2.45) is 0 Å². The molecule has 2 rings (SSSR count). The maximum absolute atomic E-state index is 12.3. The molecule has 118 valence electrons. The zero-order valence-corrected chi connectivity index (χ0v) is 12.1. The van der Waals surface area contributed by atoms with Crippen molar-refractivity contribution in [3.63, 3.8) is 0 Å². The van der Waals surface area contributed by atoms with Gasteiger partial charge in [0.2, 0.25) is 0 Å². The van der Waals surface area contributed by atoms with Gasteiger partial charge in [-0.25, -0.2) is 0 Å². The quantitative estimate of drug-likeness (QED) is 0.813. The molecule has 0 aromatic heterocycles. The van der Waals surface area contributed by atoms with Crippen LogP contribution in [-0.4, -0.2) is 31.0 Å². The standard InChI is InChI=1S/C15H21F2NO3/c1-20-12-5-4-11(8-13(12)21-14(16)17)9-18-10-15(19)6-2-3-7-15/h4-5,8,14,18-19H,2-3,6-7,9-10H2,1H3. The molecule has 1 saturated carbocycles. The molecular formula is C15H21F2NO3.